The molecule has 1 aliphatic carbocycles. The lowest BCUT2D eigenvalue weighted by molar-refractivity contribution is -0.115. The molecule has 122 valence electrons. The van der Waals surface area contributed by atoms with E-state index in [1.54, 1.807) is 0 Å². The maximum Gasteiger partial charge on any atom is 0.230 e. The van der Waals surface area contributed by atoms with Crippen LogP contribution in [0.3, 0.4) is 0 Å². The van der Waals surface area contributed by atoms with E-state index < -0.39 is 0 Å². The van der Waals surface area contributed by atoms with Crippen molar-refractivity contribution in [3.8, 4) is 0 Å². The van der Waals surface area contributed by atoms with Crippen LogP contribution in [0.15, 0.2) is 24.3 Å². The molecule has 0 atom stereocenters. The summed E-state index contributed by atoms with van der Waals surface area (Å²) in [6.07, 6.45) is 6.45. The molecule has 0 spiro atoms. The minimum atomic E-state index is -0.105. The minimum absolute atomic E-state index is 0.0173. The fourth-order valence-corrected chi connectivity index (χ4v) is 3.92. The van der Waals surface area contributed by atoms with Crippen LogP contribution in [0.4, 0.5) is 5.13 Å². The Labute approximate surface area is 139 Å². The summed E-state index contributed by atoms with van der Waals surface area (Å²) in [5, 5.41) is 21.9. The van der Waals surface area contributed by atoms with Gasteiger partial charge in [0.05, 0.1) is 13.0 Å². The van der Waals surface area contributed by atoms with Crippen molar-refractivity contribution in [3.63, 3.8) is 0 Å². The van der Waals surface area contributed by atoms with Crippen molar-refractivity contribution in [2.45, 2.75) is 51.0 Å². The summed E-state index contributed by atoms with van der Waals surface area (Å²) in [7, 11) is 0. The molecule has 1 heterocycles. The van der Waals surface area contributed by atoms with Crippen LogP contribution < -0.4 is 5.32 Å². The summed E-state index contributed by atoms with van der Waals surface area (Å²) >= 11 is 1.49. The molecule has 1 aromatic carbocycles. The molecule has 1 saturated carbocycles. The van der Waals surface area contributed by atoms with Crippen molar-refractivity contribution >= 4 is 22.4 Å². The molecule has 6 heteroatoms. The lowest BCUT2D eigenvalue weighted by atomic mass is 9.90. The fourth-order valence-electron chi connectivity index (χ4n) is 2.99. The first-order valence-electron chi connectivity index (χ1n) is 8.06. The number of amides is 1. The van der Waals surface area contributed by atoms with Crippen molar-refractivity contribution in [2.24, 2.45) is 0 Å². The van der Waals surface area contributed by atoms with Gasteiger partial charge in [-0.25, -0.2) is 0 Å². The summed E-state index contributed by atoms with van der Waals surface area (Å²) in [6.45, 7) is -0.0173. The van der Waals surface area contributed by atoms with Gasteiger partial charge in [-0.05, 0) is 24.0 Å². The molecule has 2 N–H and O–H groups in total. The Morgan fingerprint density at radius 2 is 2.00 bits per heavy atom. The molecule has 0 unspecified atom stereocenters. The van der Waals surface area contributed by atoms with E-state index in [4.69, 9.17) is 5.11 Å². The number of aliphatic hydroxyl groups is 1. The second kappa shape index (κ2) is 7.66. The van der Waals surface area contributed by atoms with Gasteiger partial charge in [-0.2, -0.15) is 0 Å². The molecule has 1 aromatic heterocycles. The predicted octanol–water partition coefficient (Wildman–Crippen LogP) is 3.26. The van der Waals surface area contributed by atoms with Gasteiger partial charge in [0, 0.05) is 5.92 Å². The van der Waals surface area contributed by atoms with Crippen LogP contribution in [0.5, 0.6) is 0 Å². The summed E-state index contributed by atoms with van der Waals surface area (Å²) in [6, 6.07) is 7.41. The molecule has 0 saturated heterocycles. The number of nitrogens with one attached hydrogen (secondary N) is 1. The molecule has 5 nitrogen and oxygen atoms in total. The summed E-state index contributed by atoms with van der Waals surface area (Å²) in [4.78, 5) is 12.1. The molecule has 1 aliphatic rings. The lowest BCUT2D eigenvalue weighted by Crippen LogP contribution is -2.14. The molecule has 1 amide bonds. The topological polar surface area (TPSA) is 75.1 Å². The van der Waals surface area contributed by atoms with Gasteiger partial charge in [0.1, 0.15) is 5.01 Å². The number of benzene rings is 1. The number of aromatic nitrogens is 2. The van der Waals surface area contributed by atoms with Crippen molar-refractivity contribution in [1.82, 2.24) is 10.2 Å². The smallest absolute Gasteiger partial charge is 0.230 e. The fraction of sp³-hybridized carbons (Fsp3) is 0.471. The van der Waals surface area contributed by atoms with E-state index in [1.807, 2.05) is 24.3 Å². The Morgan fingerprint density at radius 1 is 1.22 bits per heavy atom. The first-order valence-corrected chi connectivity index (χ1v) is 8.88. The maximum atomic E-state index is 12.1. The first-order chi connectivity index (χ1) is 11.2. The van der Waals surface area contributed by atoms with Crippen molar-refractivity contribution in [1.29, 1.82) is 0 Å². The van der Waals surface area contributed by atoms with Gasteiger partial charge in [0.2, 0.25) is 11.0 Å². The molecule has 1 fully saturated rings. The van der Waals surface area contributed by atoms with Crippen LogP contribution in [-0.4, -0.2) is 21.2 Å². The summed E-state index contributed by atoms with van der Waals surface area (Å²) in [5.41, 5.74) is 1.69. The number of hydrogen-bond acceptors (Lipinski definition) is 5. The van der Waals surface area contributed by atoms with Crippen molar-refractivity contribution in [3.05, 3.63) is 40.4 Å². The Morgan fingerprint density at radius 3 is 2.78 bits per heavy atom. The third-order valence-electron chi connectivity index (χ3n) is 4.18. The number of carbonyl (C=O) groups is 1. The SMILES string of the molecule is O=C(Cc1cccc(CO)c1)Nc1nnc(C2CCCCC2)s1. The highest BCUT2D eigenvalue weighted by Gasteiger charge is 2.20. The standard InChI is InChI=1S/C17H21N3O2S/c21-11-13-6-4-5-12(9-13)10-15(22)18-17-20-19-16(23-17)14-7-2-1-3-8-14/h4-6,9,14,21H,1-3,7-8,10-11H2,(H,18,20,22). The second-order valence-corrected chi connectivity index (χ2v) is 6.99. The minimum Gasteiger partial charge on any atom is -0.392 e. The third-order valence-corrected chi connectivity index (χ3v) is 5.18. The van der Waals surface area contributed by atoms with Crippen molar-refractivity contribution in [2.75, 3.05) is 5.32 Å². The lowest BCUT2D eigenvalue weighted by Gasteiger charge is -2.18. The average Bonchev–Trinajstić information content (AvgIpc) is 3.04. The van der Waals surface area contributed by atoms with E-state index in [0.29, 0.717) is 11.0 Å². The second-order valence-electron chi connectivity index (χ2n) is 5.98. The van der Waals surface area contributed by atoms with E-state index in [0.717, 1.165) is 16.1 Å². The monoisotopic (exact) mass is 331 g/mol. The van der Waals surface area contributed by atoms with E-state index in [-0.39, 0.29) is 18.9 Å². The van der Waals surface area contributed by atoms with Crippen molar-refractivity contribution < 1.29 is 9.90 Å². The number of carbonyl (C=O) groups excluding carboxylic acids is 1. The number of hydrogen-bond donors (Lipinski definition) is 2. The van der Waals surface area contributed by atoms with Crippen LogP contribution >= 0.6 is 11.3 Å². The van der Waals surface area contributed by atoms with Gasteiger partial charge < -0.3 is 10.4 Å². The highest BCUT2D eigenvalue weighted by atomic mass is 32.1. The van der Waals surface area contributed by atoms with Crippen LogP contribution in [0.2, 0.25) is 0 Å². The van der Waals surface area contributed by atoms with Crippen LogP contribution in [-0.2, 0) is 17.8 Å². The zero-order valence-electron chi connectivity index (χ0n) is 13.0. The zero-order chi connectivity index (χ0) is 16.1. The first kappa shape index (κ1) is 16.1. The van der Waals surface area contributed by atoms with Crippen LogP contribution in [0, 0.1) is 0 Å². The van der Waals surface area contributed by atoms with E-state index in [1.165, 1.54) is 43.4 Å². The highest BCUT2D eigenvalue weighted by Crippen LogP contribution is 2.35. The number of anilines is 1. The summed E-state index contributed by atoms with van der Waals surface area (Å²) in [5.74, 6) is 0.402. The Bertz CT molecular complexity index is 665. The number of aliphatic hydroxyl groups excluding tert-OH is 1. The largest absolute Gasteiger partial charge is 0.392 e. The molecule has 3 rings (SSSR count). The third kappa shape index (κ3) is 4.36. The average molecular weight is 331 g/mol. The van der Waals surface area contributed by atoms with E-state index in [9.17, 15) is 4.79 Å². The number of rotatable bonds is 5. The molecule has 0 bridgehead atoms. The van der Waals surface area contributed by atoms with Gasteiger partial charge in [0.25, 0.3) is 0 Å². The van der Waals surface area contributed by atoms with Crippen LogP contribution in [0.25, 0.3) is 0 Å². The quantitative estimate of drug-likeness (QED) is 0.882. The Kier molecular flexibility index (Phi) is 5.35. The molecule has 0 radical (unpaired) electrons. The molecular weight excluding hydrogens is 310 g/mol. The highest BCUT2D eigenvalue weighted by molar-refractivity contribution is 7.15. The zero-order valence-corrected chi connectivity index (χ0v) is 13.8. The van der Waals surface area contributed by atoms with Gasteiger partial charge in [0.15, 0.2) is 0 Å². The molecular formula is C17H21N3O2S. The van der Waals surface area contributed by atoms with E-state index in [2.05, 4.69) is 15.5 Å². The van der Waals surface area contributed by atoms with Gasteiger partial charge >= 0.3 is 0 Å². The Balaban J connectivity index is 1.58. The molecule has 0 aliphatic heterocycles. The maximum absolute atomic E-state index is 12.1. The van der Waals surface area contributed by atoms with Gasteiger partial charge in [-0.1, -0.05) is 54.9 Å². The molecule has 23 heavy (non-hydrogen) atoms. The number of nitrogens with zero attached hydrogens (tertiary/aromatic N) is 2. The van der Waals surface area contributed by atoms with E-state index >= 15 is 0 Å². The van der Waals surface area contributed by atoms with Crippen LogP contribution in [0.1, 0.15) is 54.2 Å². The normalized spacial score (nSPS) is 15.5. The predicted molar refractivity (Wildman–Crippen MR) is 90.4 cm³/mol. The molecule has 2 aromatic rings. The van der Waals surface area contributed by atoms with Gasteiger partial charge in [-0.3, -0.25) is 4.79 Å². The summed E-state index contributed by atoms with van der Waals surface area (Å²) < 4.78 is 0. The Hall–Kier alpha value is -1.79. The van der Waals surface area contributed by atoms with Gasteiger partial charge in [-0.15, -0.1) is 10.2 Å².